The molecule has 9 heteroatoms. The van der Waals surface area contributed by atoms with Crippen molar-refractivity contribution in [2.45, 2.75) is 6.92 Å². The van der Waals surface area contributed by atoms with Crippen LogP contribution in [0.25, 0.3) is 10.2 Å². The van der Waals surface area contributed by atoms with E-state index in [1.165, 1.54) is 4.90 Å². The van der Waals surface area contributed by atoms with Crippen molar-refractivity contribution < 1.29 is 14.3 Å². The van der Waals surface area contributed by atoms with Crippen LogP contribution in [-0.4, -0.2) is 21.9 Å². The smallest absolute Gasteiger partial charge is 0.331 e. The summed E-state index contributed by atoms with van der Waals surface area (Å²) in [5.41, 5.74) is 7.89. The number of thiophene rings is 1. The van der Waals surface area contributed by atoms with Gasteiger partial charge in [-0.15, -0.1) is 11.3 Å². The number of carbonyl (C=O) groups is 2. The van der Waals surface area contributed by atoms with E-state index >= 15 is 0 Å². The minimum atomic E-state index is -0.604. The van der Waals surface area contributed by atoms with Crippen LogP contribution in [-0.2, 0) is 0 Å². The first-order valence-corrected chi connectivity index (χ1v) is 9.86. The Morgan fingerprint density at radius 3 is 2.70 bits per heavy atom. The normalized spacial score (nSPS) is 12.7. The SMILES string of the molecule is Cc1cc(Oc2ccccc2)ncc1N1C(=O)Nc2c(C(N)=O)sc3nccc1c23. The van der Waals surface area contributed by atoms with Crippen LogP contribution in [0.4, 0.5) is 21.9 Å². The Morgan fingerprint density at radius 2 is 1.97 bits per heavy atom. The second-order valence-corrected chi connectivity index (χ2v) is 7.67. The molecule has 4 heterocycles. The molecule has 0 atom stereocenters. The maximum Gasteiger partial charge on any atom is 0.331 e. The molecule has 0 spiro atoms. The van der Waals surface area contributed by atoms with Gasteiger partial charge in [-0.2, -0.15) is 0 Å². The fourth-order valence-corrected chi connectivity index (χ4v) is 4.39. The molecule has 0 saturated heterocycles. The molecule has 0 saturated carbocycles. The Balaban J connectivity index is 1.59. The largest absolute Gasteiger partial charge is 0.439 e. The number of pyridine rings is 2. The van der Waals surface area contributed by atoms with Gasteiger partial charge in [0, 0.05) is 12.3 Å². The fourth-order valence-electron chi connectivity index (χ4n) is 3.42. The van der Waals surface area contributed by atoms with Gasteiger partial charge in [0.15, 0.2) is 0 Å². The quantitative estimate of drug-likeness (QED) is 0.505. The molecule has 0 aliphatic carbocycles. The molecule has 1 aliphatic heterocycles. The van der Waals surface area contributed by atoms with Crippen molar-refractivity contribution in [3.05, 3.63) is 65.3 Å². The van der Waals surface area contributed by atoms with Gasteiger partial charge in [0.05, 0.1) is 28.6 Å². The summed E-state index contributed by atoms with van der Waals surface area (Å²) in [4.78, 5) is 35.9. The van der Waals surface area contributed by atoms with E-state index in [1.807, 2.05) is 37.3 Å². The number of amides is 3. The molecule has 148 valence electrons. The zero-order valence-electron chi connectivity index (χ0n) is 15.7. The molecule has 3 aromatic heterocycles. The third-order valence-electron chi connectivity index (χ3n) is 4.73. The van der Waals surface area contributed by atoms with Crippen molar-refractivity contribution in [3.63, 3.8) is 0 Å². The minimum Gasteiger partial charge on any atom is -0.439 e. The molecule has 0 fully saturated rings. The lowest BCUT2D eigenvalue weighted by Crippen LogP contribution is -2.35. The monoisotopic (exact) mass is 417 g/mol. The number of hydrogen-bond acceptors (Lipinski definition) is 6. The first kappa shape index (κ1) is 18.1. The number of primary amides is 1. The third kappa shape index (κ3) is 2.83. The highest BCUT2D eigenvalue weighted by Crippen LogP contribution is 2.46. The van der Waals surface area contributed by atoms with Gasteiger partial charge in [-0.05, 0) is 30.7 Å². The second-order valence-electron chi connectivity index (χ2n) is 6.67. The van der Waals surface area contributed by atoms with Crippen LogP contribution in [0.2, 0.25) is 0 Å². The van der Waals surface area contributed by atoms with Crippen molar-refractivity contribution >= 4 is 50.6 Å². The van der Waals surface area contributed by atoms with E-state index in [0.29, 0.717) is 38.9 Å². The van der Waals surface area contributed by atoms with Gasteiger partial charge in [0.2, 0.25) is 5.88 Å². The number of nitrogens with zero attached hydrogens (tertiary/aromatic N) is 3. The summed E-state index contributed by atoms with van der Waals surface area (Å²) in [6, 6.07) is 12.4. The van der Waals surface area contributed by atoms with E-state index < -0.39 is 11.9 Å². The molecular weight excluding hydrogens is 402 g/mol. The number of aromatic nitrogens is 2. The van der Waals surface area contributed by atoms with Gasteiger partial charge in [0.25, 0.3) is 5.91 Å². The van der Waals surface area contributed by atoms with Crippen LogP contribution in [0.5, 0.6) is 11.6 Å². The number of carbonyl (C=O) groups excluding carboxylic acids is 2. The summed E-state index contributed by atoms with van der Waals surface area (Å²) >= 11 is 1.16. The Bertz CT molecular complexity index is 1320. The summed E-state index contributed by atoms with van der Waals surface area (Å²) in [7, 11) is 0. The van der Waals surface area contributed by atoms with E-state index in [0.717, 1.165) is 16.9 Å². The third-order valence-corrected chi connectivity index (χ3v) is 5.85. The molecule has 8 nitrogen and oxygen atoms in total. The van der Waals surface area contributed by atoms with Crippen LogP contribution in [0.15, 0.2) is 54.9 Å². The Morgan fingerprint density at radius 1 is 1.17 bits per heavy atom. The molecule has 4 aromatic rings. The number of nitrogens with one attached hydrogen (secondary N) is 1. The molecule has 30 heavy (non-hydrogen) atoms. The van der Waals surface area contributed by atoms with Crippen molar-refractivity contribution in [3.8, 4) is 11.6 Å². The molecular formula is C21H15N5O3S. The summed E-state index contributed by atoms with van der Waals surface area (Å²) in [5.74, 6) is 0.491. The highest BCUT2D eigenvalue weighted by atomic mass is 32.1. The number of urea groups is 1. The van der Waals surface area contributed by atoms with Crippen molar-refractivity contribution in [2.24, 2.45) is 5.73 Å². The van der Waals surface area contributed by atoms with Crippen LogP contribution in [0, 0.1) is 6.92 Å². The average molecular weight is 417 g/mol. The zero-order chi connectivity index (χ0) is 20.8. The summed E-state index contributed by atoms with van der Waals surface area (Å²) < 4.78 is 5.78. The highest BCUT2D eigenvalue weighted by Gasteiger charge is 2.32. The Labute approximate surface area is 174 Å². The van der Waals surface area contributed by atoms with Crippen LogP contribution >= 0.6 is 11.3 Å². The topological polar surface area (TPSA) is 110 Å². The van der Waals surface area contributed by atoms with Gasteiger partial charge >= 0.3 is 6.03 Å². The number of benzene rings is 1. The van der Waals surface area contributed by atoms with Crippen molar-refractivity contribution in [2.75, 3.05) is 10.2 Å². The fraction of sp³-hybridized carbons (Fsp3) is 0.0476. The number of para-hydroxylation sites is 1. The van der Waals surface area contributed by atoms with E-state index in [1.54, 1.807) is 24.5 Å². The number of aryl methyl sites for hydroxylation is 1. The number of nitrogens with two attached hydrogens (primary N) is 1. The van der Waals surface area contributed by atoms with Gasteiger partial charge in [-0.25, -0.2) is 14.8 Å². The highest BCUT2D eigenvalue weighted by molar-refractivity contribution is 7.21. The molecule has 3 amide bonds. The summed E-state index contributed by atoms with van der Waals surface area (Å²) in [6.07, 6.45) is 3.19. The molecule has 1 aliphatic rings. The number of ether oxygens (including phenoxy) is 1. The number of rotatable bonds is 4. The lowest BCUT2D eigenvalue weighted by molar-refractivity contribution is 0.100. The van der Waals surface area contributed by atoms with E-state index in [4.69, 9.17) is 10.5 Å². The molecule has 0 radical (unpaired) electrons. The second kappa shape index (κ2) is 6.82. The maximum atomic E-state index is 13.0. The first-order valence-electron chi connectivity index (χ1n) is 9.05. The zero-order valence-corrected chi connectivity index (χ0v) is 16.6. The lowest BCUT2D eigenvalue weighted by atomic mass is 10.1. The number of anilines is 3. The molecule has 1 aromatic carbocycles. The van der Waals surface area contributed by atoms with Crippen molar-refractivity contribution in [1.82, 2.24) is 9.97 Å². The number of hydrogen-bond donors (Lipinski definition) is 2. The average Bonchev–Trinajstić information content (AvgIpc) is 3.10. The van der Waals surface area contributed by atoms with E-state index in [-0.39, 0.29) is 4.88 Å². The molecule has 3 N–H and O–H groups in total. The van der Waals surface area contributed by atoms with Crippen LogP contribution < -0.4 is 20.7 Å². The standard InChI is InChI=1S/C21H15N5O3S/c1-11-9-15(29-12-5-3-2-4-6-12)24-10-14(11)26-13-7-8-23-20-16(13)17(25-21(26)28)18(30-20)19(22)27/h2-10H,1H3,(H2,22,27)(H,25,28). The summed E-state index contributed by atoms with van der Waals surface area (Å²) in [5, 5.41) is 3.46. The van der Waals surface area contributed by atoms with Crippen LogP contribution in [0.1, 0.15) is 15.2 Å². The predicted molar refractivity (Wildman–Crippen MR) is 115 cm³/mol. The van der Waals surface area contributed by atoms with Gasteiger partial charge in [0.1, 0.15) is 15.5 Å². The lowest BCUT2D eigenvalue weighted by Gasteiger charge is -2.29. The minimum absolute atomic E-state index is 0.277. The Kier molecular flexibility index (Phi) is 4.11. The van der Waals surface area contributed by atoms with E-state index in [9.17, 15) is 9.59 Å². The Hall–Kier alpha value is -3.98. The first-order chi connectivity index (χ1) is 14.5. The predicted octanol–water partition coefficient (Wildman–Crippen LogP) is 4.57. The molecule has 0 bridgehead atoms. The summed E-state index contributed by atoms with van der Waals surface area (Å²) in [6.45, 7) is 1.87. The van der Waals surface area contributed by atoms with Gasteiger partial charge in [-0.3, -0.25) is 9.69 Å². The van der Waals surface area contributed by atoms with Gasteiger partial charge in [-0.1, -0.05) is 18.2 Å². The maximum absolute atomic E-state index is 13.0. The molecule has 0 unspecified atom stereocenters. The van der Waals surface area contributed by atoms with Crippen LogP contribution in [0.3, 0.4) is 0 Å². The van der Waals surface area contributed by atoms with Gasteiger partial charge < -0.3 is 15.8 Å². The van der Waals surface area contributed by atoms with Crippen molar-refractivity contribution in [1.29, 1.82) is 0 Å². The van der Waals surface area contributed by atoms with E-state index in [2.05, 4.69) is 15.3 Å². The molecule has 5 rings (SSSR count).